The van der Waals surface area contributed by atoms with Gasteiger partial charge in [-0.05, 0) is 41.9 Å². The fraction of sp³-hybridized carbons (Fsp3) is 0.600. The van der Waals surface area contributed by atoms with Gasteiger partial charge in [0.25, 0.3) is 0 Å². The molecule has 0 unspecified atom stereocenters. The van der Waals surface area contributed by atoms with Crippen LogP contribution >= 0.6 is 15.9 Å². The second kappa shape index (κ2) is 10.2. The minimum absolute atomic E-state index is 0.684. The summed E-state index contributed by atoms with van der Waals surface area (Å²) in [6.07, 6.45) is 2.05. The standard InChI is InChI=1S/C15H24BrNO2/c1-3-9-17-12-13-7-5-8-14(16)15(13)19-11-6-10-18-4-2/h5,7-8,17H,3-4,6,9-12H2,1-2H3. The first-order valence-corrected chi connectivity index (χ1v) is 7.77. The van der Waals surface area contributed by atoms with E-state index in [1.54, 1.807) is 0 Å². The van der Waals surface area contributed by atoms with Crippen LogP contribution in [0.15, 0.2) is 22.7 Å². The molecule has 0 aliphatic rings. The summed E-state index contributed by atoms with van der Waals surface area (Å²) in [6.45, 7) is 8.24. The molecule has 0 fully saturated rings. The van der Waals surface area contributed by atoms with E-state index in [2.05, 4.69) is 34.2 Å². The number of hydrogen-bond acceptors (Lipinski definition) is 3. The maximum absolute atomic E-state index is 5.88. The van der Waals surface area contributed by atoms with Crippen LogP contribution in [-0.4, -0.2) is 26.4 Å². The van der Waals surface area contributed by atoms with Crippen molar-refractivity contribution in [3.05, 3.63) is 28.2 Å². The molecule has 1 aromatic rings. The van der Waals surface area contributed by atoms with Crippen molar-refractivity contribution >= 4 is 15.9 Å². The highest BCUT2D eigenvalue weighted by atomic mass is 79.9. The molecule has 0 saturated carbocycles. The first kappa shape index (κ1) is 16.5. The summed E-state index contributed by atoms with van der Waals surface area (Å²) in [5.74, 6) is 0.947. The molecule has 3 nitrogen and oxygen atoms in total. The van der Waals surface area contributed by atoms with Crippen molar-refractivity contribution < 1.29 is 9.47 Å². The Bertz CT molecular complexity index is 358. The first-order valence-electron chi connectivity index (χ1n) is 6.98. The number of benzene rings is 1. The zero-order valence-corrected chi connectivity index (χ0v) is 13.5. The van der Waals surface area contributed by atoms with Crippen molar-refractivity contribution in [1.29, 1.82) is 0 Å². The molecule has 19 heavy (non-hydrogen) atoms. The third-order valence-electron chi connectivity index (χ3n) is 2.67. The molecule has 0 radical (unpaired) electrons. The molecule has 1 rings (SSSR count). The third-order valence-corrected chi connectivity index (χ3v) is 3.30. The van der Waals surface area contributed by atoms with E-state index < -0.39 is 0 Å². The largest absolute Gasteiger partial charge is 0.492 e. The molecule has 0 heterocycles. The molecule has 108 valence electrons. The summed E-state index contributed by atoms with van der Waals surface area (Å²) < 4.78 is 12.2. The van der Waals surface area contributed by atoms with E-state index in [-0.39, 0.29) is 0 Å². The van der Waals surface area contributed by atoms with E-state index in [9.17, 15) is 0 Å². The molecular weight excluding hydrogens is 306 g/mol. The molecule has 1 N–H and O–H groups in total. The predicted octanol–water partition coefficient (Wildman–Crippen LogP) is 3.75. The summed E-state index contributed by atoms with van der Waals surface area (Å²) >= 11 is 3.55. The lowest BCUT2D eigenvalue weighted by Gasteiger charge is -2.14. The van der Waals surface area contributed by atoms with Crippen LogP contribution in [0.1, 0.15) is 32.3 Å². The summed E-state index contributed by atoms with van der Waals surface area (Å²) in [4.78, 5) is 0. The van der Waals surface area contributed by atoms with Crippen LogP contribution in [0.25, 0.3) is 0 Å². The highest BCUT2D eigenvalue weighted by Crippen LogP contribution is 2.29. The van der Waals surface area contributed by atoms with Gasteiger partial charge in [0.05, 0.1) is 11.1 Å². The van der Waals surface area contributed by atoms with E-state index in [1.807, 2.05) is 19.1 Å². The molecule has 0 bridgehead atoms. The zero-order chi connectivity index (χ0) is 13.9. The lowest BCUT2D eigenvalue weighted by molar-refractivity contribution is 0.130. The van der Waals surface area contributed by atoms with Gasteiger partial charge in [-0.15, -0.1) is 0 Å². The van der Waals surface area contributed by atoms with Crippen molar-refractivity contribution in [1.82, 2.24) is 5.32 Å². The number of hydrogen-bond donors (Lipinski definition) is 1. The number of para-hydroxylation sites is 1. The van der Waals surface area contributed by atoms with Crippen LogP contribution < -0.4 is 10.1 Å². The van der Waals surface area contributed by atoms with Crippen molar-refractivity contribution in [2.75, 3.05) is 26.4 Å². The topological polar surface area (TPSA) is 30.5 Å². The summed E-state index contributed by atoms with van der Waals surface area (Å²) in [6, 6.07) is 6.16. The van der Waals surface area contributed by atoms with Gasteiger partial charge in [0.2, 0.25) is 0 Å². The normalized spacial score (nSPS) is 10.7. The predicted molar refractivity (Wildman–Crippen MR) is 82.7 cm³/mol. The molecule has 4 heteroatoms. The Hall–Kier alpha value is -0.580. The van der Waals surface area contributed by atoms with Crippen LogP contribution in [0.4, 0.5) is 0 Å². The van der Waals surface area contributed by atoms with Crippen molar-refractivity contribution in [2.24, 2.45) is 0 Å². The molecule has 0 amide bonds. The van der Waals surface area contributed by atoms with Gasteiger partial charge in [0.15, 0.2) is 0 Å². The molecule has 0 atom stereocenters. The molecule has 0 spiro atoms. The third kappa shape index (κ3) is 6.41. The fourth-order valence-corrected chi connectivity index (χ4v) is 2.26. The van der Waals surface area contributed by atoms with Gasteiger partial charge in [-0.2, -0.15) is 0 Å². The van der Waals surface area contributed by atoms with Crippen molar-refractivity contribution in [2.45, 2.75) is 33.2 Å². The lowest BCUT2D eigenvalue weighted by atomic mass is 10.2. The fourth-order valence-electron chi connectivity index (χ4n) is 1.73. The molecule has 0 aromatic heterocycles. The first-order chi connectivity index (χ1) is 9.29. The molecule has 1 aromatic carbocycles. The minimum atomic E-state index is 0.684. The van der Waals surface area contributed by atoms with Crippen LogP contribution in [0.3, 0.4) is 0 Å². The second-order valence-electron chi connectivity index (χ2n) is 4.30. The monoisotopic (exact) mass is 329 g/mol. The van der Waals surface area contributed by atoms with Crippen LogP contribution in [0.5, 0.6) is 5.75 Å². The average molecular weight is 330 g/mol. The number of ether oxygens (including phenoxy) is 2. The molecule has 0 aliphatic carbocycles. The Morgan fingerprint density at radius 2 is 2.05 bits per heavy atom. The van der Waals surface area contributed by atoms with E-state index in [1.165, 1.54) is 5.56 Å². The Labute approximate surface area is 124 Å². The highest BCUT2D eigenvalue weighted by Gasteiger charge is 2.07. The Balaban J connectivity index is 2.49. The van der Waals surface area contributed by atoms with E-state index in [0.717, 1.165) is 49.4 Å². The minimum Gasteiger partial charge on any atom is -0.492 e. The van der Waals surface area contributed by atoms with Crippen LogP contribution in [0.2, 0.25) is 0 Å². The smallest absolute Gasteiger partial charge is 0.137 e. The zero-order valence-electron chi connectivity index (χ0n) is 11.9. The molecule has 0 saturated heterocycles. The maximum Gasteiger partial charge on any atom is 0.137 e. The Morgan fingerprint density at radius 1 is 1.21 bits per heavy atom. The SMILES string of the molecule is CCCNCc1cccc(Br)c1OCCCOCC. The van der Waals surface area contributed by atoms with E-state index in [0.29, 0.717) is 6.61 Å². The highest BCUT2D eigenvalue weighted by molar-refractivity contribution is 9.10. The molecular formula is C15H24BrNO2. The van der Waals surface area contributed by atoms with E-state index in [4.69, 9.17) is 9.47 Å². The van der Waals surface area contributed by atoms with Gasteiger partial charge < -0.3 is 14.8 Å². The van der Waals surface area contributed by atoms with Crippen LogP contribution in [0, 0.1) is 0 Å². The summed E-state index contributed by atoms with van der Waals surface area (Å²) in [7, 11) is 0. The number of halogens is 1. The van der Waals surface area contributed by atoms with Crippen molar-refractivity contribution in [3.63, 3.8) is 0 Å². The van der Waals surface area contributed by atoms with Gasteiger partial charge in [0, 0.05) is 31.7 Å². The van der Waals surface area contributed by atoms with Crippen molar-refractivity contribution in [3.8, 4) is 5.75 Å². The van der Waals surface area contributed by atoms with Gasteiger partial charge >= 0.3 is 0 Å². The lowest BCUT2D eigenvalue weighted by Crippen LogP contribution is -2.15. The summed E-state index contributed by atoms with van der Waals surface area (Å²) in [5.41, 5.74) is 1.19. The number of rotatable bonds is 10. The van der Waals surface area contributed by atoms with Gasteiger partial charge in [-0.3, -0.25) is 0 Å². The van der Waals surface area contributed by atoms with Gasteiger partial charge in [-0.25, -0.2) is 0 Å². The Kier molecular flexibility index (Phi) is 8.88. The maximum atomic E-state index is 5.88. The van der Waals surface area contributed by atoms with E-state index >= 15 is 0 Å². The second-order valence-corrected chi connectivity index (χ2v) is 5.16. The Morgan fingerprint density at radius 3 is 2.79 bits per heavy atom. The molecule has 0 aliphatic heterocycles. The summed E-state index contributed by atoms with van der Waals surface area (Å²) in [5, 5.41) is 3.40. The average Bonchev–Trinajstić information content (AvgIpc) is 2.41. The van der Waals surface area contributed by atoms with Crippen LogP contribution in [-0.2, 0) is 11.3 Å². The van der Waals surface area contributed by atoms with Gasteiger partial charge in [0.1, 0.15) is 5.75 Å². The van der Waals surface area contributed by atoms with Gasteiger partial charge in [-0.1, -0.05) is 19.1 Å². The quantitative estimate of drug-likeness (QED) is 0.663. The number of nitrogens with one attached hydrogen (secondary N) is 1.